The van der Waals surface area contributed by atoms with E-state index in [1.54, 1.807) is 4.31 Å². The third kappa shape index (κ3) is 4.92. The molecule has 1 saturated carbocycles. The smallest absolute Gasteiger partial charge is 0.229 e. The number of carbonyl (C=O) groups is 1. The maximum absolute atomic E-state index is 13.9. The molecule has 7 heteroatoms. The van der Waals surface area contributed by atoms with Crippen molar-refractivity contribution in [3.8, 4) is 0 Å². The van der Waals surface area contributed by atoms with E-state index in [9.17, 15) is 13.2 Å². The number of carbonyl (C=O) groups excluding carboxylic acids is 1. The Balaban J connectivity index is 1.95. The first kappa shape index (κ1) is 25.3. The van der Waals surface area contributed by atoms with Crippen LogP contribution in [-0.2, 0) is 14.8 Å². The predicted molar refractivity (Wildman–Crippen MR) is 131 cm³/mol. The normalized spacial score (nSPS) is 25.6. The van der Waals surface area contributed by atoms with E-state index in [-0.39, 0.29) is 23.2 Å². The molecule has 1 aromatic rings. The number of piperidine rings is 1. The number of sulfonamides is 1. The zero-order valence-electron chi connectivity index (χ0n) is 19.6. The summed E-state index contributed by atoms with van der Waals surface area (Å²) < 4.78 is 28.0. The van der Waals surface area contributed by atoms with Crippen LogP contribution in [-0.4, -0.2) is 47.9 Å². The van der Waals surface area contributed by atoms with Crippen LogP contribution < -0.4 is 0 Å². The molecule has 1 aliphatic heterocycles. The number of likely N-dealkylation sites (tertiary alicyclic amines) is 1. The van der Waals surface area contributed by atoms with Gasteiger partial charge in [0.1, 0.15) is 0 Å². The molecule has 3 rings (SSSR count). The van der Waals surface area contributed by atoms with Crippen molar-refractivity contribution in [2.75, 3.05) is 13.1 Å². The van der Waals surface area contributed by atoms with Crippen molar-refractivity contribution in [2.45, 2.75) is 83.1 Å². The van der Waals surface area contributed by atoms with E-state index < -0.39 is 15.4 Å². The largest absolute Gasteiger partial charge is 0.331 e. The molecule has 0 N–H and O–H groups in total. The first-order valence-corrected chi connectivity index (χ1v) is 13.7. The van der Waals surface area contributed by atoms with Crippen LogP contribution in [0.1, 0.15) is 77.3 Å². The van der Waals surface area contributed by atoms with Gasteiger partial charge in [0.25, 0.3) is 0 Å². The molecule has 2 fully saturated rings. The quantitative estimate of drug-likeness (QED) is 0.411. The van der Waals surface area contributed by atoms with Crippen molar-refractivity contribution >= 4 is 27.5 Å². The molecule has 1 aliphatic carbocycles. The van der Waals surface area contributed by atoms with Gasteiger partial charge in [-0.1, -0.05) is 57.0 Å². The van der Waals surface area contributed by atoms with Crippen molar-refractivity contribution < 1.29 is 13.2 Å². The molecule has 3 atom stereocenters. The van der Waals surface area contributed by atoms with Crippen LogP contribution in [0.5, 0.6) is 0 Å². The Labute approximate surface area is 198 Å². The molecule has 0 aromatic heterocycles. The number of rotatable bonds is 10. The van der Waals surface area contributed by atoms with Crippen molar-refractivity contribution in [3.05, 3.63) is 47.5 Å². The standard InChI is InChI=1S/C25H37ClN2O3S/c1-5-16-25(4)17-15-23(19-11-13-20(26)14-12-19)28(24(25)29)21(6-2)18-27(7-3)32(30,31)22-9-8-10-22/h5,11-14,21-23H,1,6-10,15-18H2,2-4H3/t21-,23?,25-/m0/s1. The summed E-state index contributed by atoms with van der Waals surface area (Å²) >= 11 is 6.11. The van der Waals surface area contributed by atoms with Crippen molar-refractivity contribution in [2.24, 2.45) is 5.41 Å². The van der Waals surface area contributed by atoms with Gasteiger partial charge in [0, 0.05) is 24.2 Å². The Morgan fingerprint density at radius 1 is 1.25 bits per heavy atom. The van der Waals surface area contributed by atoms with Crippen LogP contribution in [0.4, 0.5) is 0 Å². The SMILES string of the molecule is C=CC[C@@]1(C)CCC(c2ccc(Cl)cc2)N([C@@H](CC)CN(CC)S(=O)(=O)C2CCC2)C1=O. The fraction of sp³-hybridized carbons (Fsp3) is 0.640. The number of likely N-dealkylation sites (N-methyl/N-ethyl adjacent to an activating group) is 1. The molecule has 1 unspecified atom stereocenters. The molecule has 178 valence electrons. The molecular formula is C25H37ClN2O3S. The highest BCUT2D eigenvalue weighted by Crippen LogP contribution is 2.44. The molecule has 2 aliphatic rings. The summed E-state index contributed by atoms with van der Waals surface area (Å²) in [5.41, 5.74) is 0.536. The van der Waals surface area contributed by atoms with Crippen LogP contribution >= 0.6 is 11.6 Å². The Bertz CT molecular complexity index is 914. The maximum Gasteiger partial charge on any atom is 0.229 e. The molecule has 0 radical (unpaired) electrons. The van der Waals surface area contributed by atoms with Crippen molar-refractivity contribution in [1.29, 1.82) is 0 Å². The summed E-state index contributed by atoms with van der Waals surface area (Å²) in [7, 11) is -3.34. The molecule has 0 bridgehead atoms. The van der Waals surface area contributed by atoms with Crippen LogP contribution in [0.25, 0.3) is 0 Å². The van der Waals surface area contributed by atoms with Crippen LogP contribution in [0.3, 0.4) is 0 Å². The van der Waals surface area contributed by atoms with Crippen LogP contribution in [0.15, 0.2) is 36.9 Å². The Kier molecular flexibility index (Phi) is 8.11. The summed E-state index contributed by atoms with van der Waals surface area (Å²) in [6, 6.07) is 7.40. The zero-order valence-corrected chi connectivity index (χ0v) is 21.2. The van der Waals surface area contributed by atoms with Gasteiger partial charge in [-0.15, -0.1) is 6.58 Å². The Hall–Kier alpha value is -1.37. The fourth-order valence-corrected chi connectivity index (χ4v) is 7.25. The van der Waals surface area contributed by atoms with Gasteiger partial charge in [-0.2, -0.15) is 4.31 Å². The average Bonchev–Trinajstić information content (AvgIpc) is 2.71. The highest BCUT2D eigenvalue weighted by molar-refractivity contribution is 7.89. The highest BCUT2D eigenvalue weighted by Gasteiger charge is 2.47. The van der Waals surface area contributed by atoms with Gasteiger partial charge in [0.05, 0.1) is 16.7 Å². The molecule has 1 amide bonds. The molecule has 32 heavy (non-hydrogen) atoms. The monoisotopic (exact) mass is 480 g/mol. The first-order chi connectivity index (χ1) is 15.2. The van der Waals surface area contributed by atoms with Gasteiger partial charge >= 0.3 is 0 Å². The lowest BCUT2D eigenvalue weighted by Gasteiger charge is -2.49. The topological polar surface area (TPSA) is 57.7 Å². The lowest BCUT2D eigenvalue weighted by Crippen LogP contribution is -2.56. The van der Waals surface area contributed by atoms with Crippen molar-refractivity contribution in [3.63, 3.8) is 0 Å². The van der Waals surface area contributed by atoms with Crippen LogP contribution in [0, 0.1) is 5.41 Å². The molecule has 5 nitrogen and oxygen atoms in total. The number of hydrogen-bond acceptors (Lipinski definition) is 3. The number of nitrogens with zero attached hydrogens (tertiary/aromatic N) is 2. The van der Waals surface area contributed by atoms with Gasteiger partial charge in [0.2, 0.25) is 15.9 Å². The summed E-state index contributed by atoms with van der Waals surface area (Å²) in [6.45, 7) is 10.6. The maximum atomic E-state index is 13.9. The van der Waals surface area contributed by atoms with E-state index in [0.29, 0.717) is 31.0 Å². The van der Waals surface area contributed by atoms with E-state index >= 15 is 0 Å². The second kappa shape index (κ2) is 10.3. The molecule has 1 heterocycles. The summed E-state index contributed by atoms with van der Waals surface area (Å²) in [5.74, 6) is 0.0903. The minimum atomic E-state index is -3.34. The molecule has 0 spiro atoms. The third-order valence-electron chi connectivity index (χ3n) is 7.37. The summed E-state index contributed by atoms with van der Waals surface area (Å²) in [4.78, 5) is 15.9. The first-order valence-electron chi connectivity index (χ1n) is 11.9. The predicted octanol–water partition coefficient (Wildman–Crippen LogP) is 5.57. The Morgan fingerprint density at radius 3 is 2.41 bits per heavy atom. The van der Waals surface area contributed by atoms with E-state index in [2.05, 4.69) is 6.58 Å². The van der Waals surface area contributed by atoms with Crippen molar-refractivity contribution in [1.82, 2.24) is 9.21 Å². The number of halogens is 1. The second-order valence-corrected chi connectivity index (χ2v) is 12.1. The minimum absolute atomic E-state index is 0.0901. The molecule has 1 aromatic carbocycles. The van der Waals surface area contributed by atoms with Crippen LogP contribution in [0.2, 0.25) is 5.02 Å². The van der Waals surface area contributed by atoms with E-state index in [1.807, 2.05) is 56.0 Å². The lowest BCUT2D eigenvalue weighted by atomic mass is 9.74. The van der Waals surface area contributed by atoms with Gasteiger partial charge in [-0.05, 0) is 56.2 Å². The van der Waals surface area contributed by atoms with E-state index in [0.717, 1.165) is 37.7 Å². The Morgan fingerprint density at radius 2 is 1.91 bits per heavy atom. The number of amides is 1. The number of allylic oxidation sites excluding steroid dienone is 1. The second-order valence-electron chi connectivity index (χ2n) is 9.48. The summed E-state index contributed by atoms with van der Waals surface area (Å²) in [5, 5.41) is 0.393. The number of hydrogen-bond donors (Lipinski definition) is 0. The van der Waals surface area contributed by atoms with E-state index in [4.69, 9.17) is 11.6 Å². The molecular weight excluding hydrogens is 444 g/mol. The van der Waals surface area contributed by atoms with Gasteiger partial charge < -0.3 is 4.90 Å². The minimum Gasteiger partial charge on any atom is -0.331 e. The van der Waals surface area contributed by atoms with Gasteiger partial charge in [-0.25, -0.2) is 8.42 Å². The average molecular weight is 481 g/mol. The van der Waals surface area contributed by atoms with Gasteiger partial charge in [-0.3, -0.25) is 4.79 Å². The zero-order chi connectivity index (χ0) is 23.5. The summed E-state index contributed by atoms with van der Waals surface area (Å²) in [6.07, 6.45) is 7.18. The van der Waals surface area contributed by atoms with Gasteiger partial charge in [0.15, 0.2) is 0 Å². The number of benzene rings is 1. The highest BCUT2D eigenvalue weighted by atomic mass is 35.5. The third-order valence-corrected chi connectivity index (χ3v) is 10.1. The lowest BCUT2D eigenvalue weighted by molar-refractivity contribution is -0.153. The molecule has 1 saturated heterocycles. The fourth-order valence-electron chi connectivity index (χ4n) is 5.04. The van der Waals surface area contributed by atoms with E-state index in [1.165, 1.54) is 0 Å².